The molecule has 1 aromatic carbocycles. The van der Waals surface area contributed by atoms with E-state index in [9.17, 15) is 37.5 Å². The number of nitrogens with zero attached hydrogens (tertiary/aromatic N) is 3. The molecule has 2 aliphatic carbocycles. The van der Waals surface area contributed by atoms with Crippen LogP contribution in [0.25, 0.3) is 21.6 Å². The van der Waals surface area contributed by atoms with Crippen LogP contribution in [0.15, 0.2) is 68.2 Å². The van der Waals surface area contributed by atoms with E-state index in [2.05, 4.69) is 0 Å². The first-order chi connectivity index (χ1) is 17.0. The van der Waals surface area contributed by atoms with Crippen molar-refractivity contribution in [2.24, 2.45) is 13.0 Å². The molecule has 2 aliphatic rings. The van der Waals surface area contributed by atoms with E-state index in [-0.39, 0.29) is 46.7 Å². The monoisotopic (exact) mass is 517 g/mol. The molecule has 0 aliphatic heterocycles. The summed E-state index contributed by atoms with van der Waals surface area (Å²) in [7, 11) is 1.59. The van der Waals surface area contributed by atoms with Crippen LogP contribution < -0.4 is 16.1 Å². The van der Waals surface area contributed by atoms with Crippen LogP contribution in [0.3, 0.4) is 0 Å². The first-order valence-electron chi connectivity index (χ1n) is 10.9. The third kappa shape index (κ3) is 3.68. The van der Waals surface area contributed by atoms with Crippen molar-refractivity contribution in [2.75, 3.05) is 0 Å². The number of hydrogen-bond donors (Lipinski definition) is 1. The van der Waals surface area contributed by atoms with Gasteiger partial charge < -0.3 is 9.67 Å². The van der Waals surface area contributed by atoms with Gasteiger partial charge in [0.05, 0.1) is 27.5 Å². The lowest BCUT2D eigenvalue weighted by atomic mass is 9.80. The Morgan fingerprint density at radius 1 is 1.19 bits per heavy atom. The maximum Gasteiger partial charge on any atom is 0.395 e. The van der Waals surface area contributed by atoms with Gasteiger partial charge >= 0.3 is 22.7 Å². The minimum atomic E-state index is -4.51. The summed E-state index contributed by atoms with van der Waals surface area (Å²) in [6.07, 6.45) is 0.668. The number of fused-ring (bicyclic) bond motifs is 1. The van der Waals surface area contributed by atoms with Crippen LogP contribution in [0.2, 0.25) is 0 Å². The van der Waals surface area contributed by atoms with Crippen LogP contribution in [-0.4, -0.2) is 31.0 Å². The first-order valence-corrected chi connectivity index (χ1v) is 11.7. The van der Waals surface area contributed by atoms with Crippen LogP contribution in [0.5, 0.6) is 0 Å². The molecular formula is C24H18F3N3O5S. The number of halogens is 3. The zero-order chi connectivity index (χ0) is 25.9. The van der Waals surface area contributed by atoms with Gasteiger partial charge in [0, 0.05) is 13.2 Å². The zero-order valence-electron chi connectivity index (χ0n) is 18.7. The number of hydrogen-bond acceptors (Lipinski definition) is 5. The molecule has 1 unspecified atom stereocenters. The van der Waals surface area contributed by atoms with E-state index in [4.69, 9.17) is 0 Å². The standard InChI is InChI=1S/C24H18F3N3O5S/c1-28-18-9-8-12(10-19(18)36-23(28)35)29-11-15(21(32)33)20(31)30(22(29)34)17-7-3-4-13-14(17)5-2-6-16(13)24(25,26)27/h2,5,7-11,16H,3-4,6H2,1H3,(H,32,33). The number of allylic oxidation sites excluding steroid dienone is 6. The molecule has 3 aromatic rings. The van der Waals surface area contributed by atoms with Gasteiger partial charge in [0.2, 0.25) is 0 Å². The van der Waals surface area contributed by atoms with Crippen LogP contribution in [0.1, 0.15) is 29.6 Å². The van der Waals surface area contributed by atoms with Crippen molar-refractivity contribution in [3.05, 3.63) is 89.8 Å². The molecule has 0 bridgehead atoms. The third-order valence-electron chi connectivity index (χ3n) is 6.46. The Morgan fingerprint density at radius 2 is 1.94 bits per heavy atom. The topological polar surface area (TPSA) is 103 Å². The highest BCUT2D eigenvalue weighted by Crippen LogP contribution is 2.44. The van der Waals surface area contributed by atoms with Gasteiger partial charge in [0.15, 0.2) is 0 Å². The summed E-state index contributed by atoms with van der Waals surface area (Å²) in [5.74, 6) is -3.34. The molecule has 2 heterocycles. The first kappa shape index (κ1) is 23.8. The Morgan fingerprint density at radius 3 is 2.64 bits per heavy atom. The lowest BCUT2D eigenvalue weighted by molar-refractivity contribution is -0.164. The molecule has 5 rings (SSSR count). The highest BCUT2D eigenvalue weighted by molar-refractivity contribution is 7.16. The second-order valence-electron chi connectivity index (χ2n) is 8.52. The normalized spacial score (nSPS) is 17.9. The SMILES string of the molecule is Cn1c(=O)sc2cc(-n3cc(C(=O)O)c(=O)n(C4=CCCC5=C4C=CCC5C(F)(F)F)c3=O)ccc21. The van der Waals surface area contributed by atoms with Gasteiger partial charge in [0.25, 0.3) is 5.56 Å². The molecular weight excluding hydrogens is 499 g/mol. The molecule has 1 N–H and O–H groups in total. The number of alkyl halides is 3. The maximum absolute atomic E-state index is 13.7. The predicted octanol–water partition coefficient (Wildman–Crippen LogP) is 3.68. The summed E-state index contributed by atoms with van der Waals surface area (Å²) >= 11 is 0.929. The molecule has 0 fully saturated rings. The van der Waals surface area contributed by atoms with E-state index in [1.165, 1.54) is 34.9 Å². The fraction of sp³-hybridized carbons (Fsp3) is 0.250. The van der Waals surface area contributed by atoms with E-state index in [0.29, 0.717) is 14.8 Å². The number of rotatable bonds is 3. The van der Waals surface area contributed by atoms with E-state index >= 15 is 0 Å². The Labute approximate surface area is 204 Å². The quantitative estimate of drug-likeness (QED) is 0.571. The van der Waals surface area contributed by atoms with Gasteiger partial charge in [-0.3, -0.25) is 14.2 Å². The molecule has 36 heavy (non-hydrogen) atoms. The van der Waals surface area contributed by atoms with Crippen LogP contribution in [0, 0.1) is 5.92 Å². The van der Waals surface area contributed by atoms with Gasteiger partial charge in [-0.2, -0.15) is 13.2 Å². The minimum absolute atomic E-state index is 0.0663. The van der Waals surface area contributed by atoms with Crippen LogP contribution in [-0.2, 0) is 7.05 Å². The van der Waals surface area contributed by atoms with Gasteiger partial charge in [0.1, 0.15) is 5.56 Å². The number of aromatic carboxylic acids is 1. The molecule has 12 heteroatoms. The number of benzene rings is 1. The van der Waals surface area contributed by atoms with Crippen molar-refractivity contribution >= 4 is 33.2 Å². The molecule has 0 radical (unpaired) electrons. The van der Waals surface area contributed by atoms with Crippen LogP contribution >= 0.6 is 11.3 Å². The highest BCUT2D eigenvalue weighted by atomic mass is 32.1. The van der Waals surface area contributed by atoms with E-state index in [1.807, 2.05) is 0 Å². The van der Waals surface area contributed by atoms with Crippen molar-refractivity contribution in [1.82, 2.24) is 13.7 Å². The molecule has 0 saturated carbocycles. The number of thiazole rings is 1. The fourth-order valence-electron chi connectivity index (χ4n) is 4.71. The molecule has 0 spiro atoms. The summed E-state index contributed by atoms with van der Waals surface area (Å²) in [5.41, 5.74) is -1.91. The molecule has 2 aromatic heterocycles. The third-order valence-corrected chi connectivity index (χ3v) is 7.46. The largest absolute Gasteiger partial charge is 0.477 e. The Balaban J connectivity index is 1.77. The van der Waals surface area contributed by atoms with Gasteiger partial charge in [-0.25, -0.2) is 14.2 Å². The summed E-state index contributed by atoms with van der Waals surface area (Å²) in [4.78, 5) is 50.4. The smallest absolute Gasteiger partial charge is 0.395 e. The number of carbonyl (C=O) groups is 1. The average Bonchev–Trinajstić information content (AvgIpc) is 3.10. The van der Waals surface area contributed by atoms with E-state index in [0.717, 1.165) is 22.1 Å². The van der Waals surface area contributed by atoms with Crippen molar-refractivity contribution in [3.63, 3.8) is 0 Å². The van der Waals surface area contributed by atoms with E-state index in [1.54, 1.807) is 13.1 Å². The molecule has 1 atom stereocenters. The van der Waals surface area contributed by atoms with Crippen molar-refractivity contribution < 1.29 is 23.1 Å². The summed E-state index contributed by atoms with van der Waals surface area (Å²) < 4.78 is 44.6. The second-order valence-corrected chi connectivity index (χ2v) is 9.51. The fourth-order valence-corrected chi connectivity index (χ4v) is 5.62. The molecule has 0 amide bonds. The number of aryl methyl sites for hydroxylation is 1. The van der Waals surface area contributed by atoms with Gasteiger partial charge in [-0.05, 0) is 48.6 Å². The molecule has 186 valence electrons. The number of carboxylic acids is 1. The number of carboxylic acid groups (broad SMARTS) is 1. The Kier molecular flexibility index (Phi) is 5.51. The molecule has 0 saturated heterocycles. The predicted molar refractivity (Wildman–Crippen MR) is 128 cm³/mol. The average molecular weight is 517 g/mol. The van der Waals surface area contributed by atoms with Gasteiger partial charge in [-0.15, -0.1) is 0 Å². The lowest BCUT2D eigenvalue weighted by Gasteiger charge is -2.31. The van der Waals surface area contributed by atoms with Crippen molar-refractivity contribution in [3.8, 4) is 5.69 Å². The summed E-state index contributed by atoms with van der Waals surface area (Å²) in [6.45, 7) is 0. The van der Waals surface area contributed by atoms with Gasteiger partial charge in [-0.1, -0.05) is 29.6 Å². The minimum Gasteiger partial charge on any atom is -0.477 e. The second kappa shape index (κ2) is 8.33. The Hall–Kier alpha value is -3.93. The summed E-state index contributed by atoms with van der Waals surface area (Å²) in [5, 5.41) is 9.68. The zero-order valence-corrected chi connectivity index (χ0v) is 19.5. The highest BCUT2D eigenvalue weighted by Gasteiger charge is 2.44. The van der Waals surface area contributed by atoms with Crippen LogP contribution in [0.4, 0.5) is 13.2 Å². The number of aromatic nitrogens is 3. The lowest BCUT2D eigenvalue weighted by Crippen LogP contribution is -2.42. The Bertz CT molecular complexity index is 1720. The maximum atomic E-state index is 13.7. The van der Waals surface area contributed by atoms with Crippen molar-refractivity contribution in [1.29, 1.82) is 0 Å². The van der Waals surface area contributed by atoms with E-state index < -0.39 is 34.9 Å². The van der Waals surface area contributed by atoms with Crippen molar-refractivity contribution in [2.45, 2.75) is 25.4 Å². The summed E-state index contributed by atoms with van der Waals surface area (Å²) in [6, 6.07) is 4.60. The molecule has 8 nitrogen and oxygen atoms in total.